The van der Waals surface area contributed by atoms with Gasteiger partial charge in [-0.15, -0.1) is 11.3 Å². The Morgan fingerprint density at radius 3 is 2.89 bits per heavy atom. The third-order valence-electron chi connectivity index (χ3n) is 6.20. The summed E-state index contributed by atoms with van der Waals surface area (Å²) in [4.78, 5) is 19.3. The third kappa shape index (κ3) is 5.85. The van der Waals surface area contributed by atoms with E-state index >= 15 is 0 Å². The van der Waals surface area contributed by atoms with Crippen LogP contribution in [-0.4, -0.2) is 12.1 Å². The van der Waals surface area contributed by atoms with Crippen molar-refractivity contribution in [3.63, 3.8) is 0 Å². The number of amides is 1. The van der Waals surface area contributed by atoms with Gasteiger partial charge in [-0.1, -0.05) is 34.1 Å². The number of halogens is 1. The van der Waals surface area contributed by atoms with Gasteiger partial charge in [0.1, 0.15) is 23.1 Å². The predicted octanol–water partition coefficient (Wildman–Crippen LogP) is 7.11. The number of hydrogen-bond acceptors (Lipinski definition) is 6. The minimum absolute atomic E-state index is 0.137. The fourth-order valence-electron chi connectivity index (χ4n) is 4.34. The lowest BCUT2D eigenvalue weighted by atomic mass is 9.95. The van der Waals surface area contributed by atoms with Crippen LogP contribution in [0.4, 0.5) is 5.00 Å². The number of benzene rings is 2. The van der Waals surface area contributed by atoms with Crippen molar-refractivity contribution in [1.29, 1.82) is 5.26 Å². The van der Waals surface area contributed by atoms with Crippen LogP contribution in [0.1, 0.15) is 56.1 Å². The molecule has 0 spiro atoms. The van der Waals surface area contributed by atoms with E-state index in [0.717, 1.165) is 46.8 Å². The number of aliphatic imine (C=N–C) groups is 1. The lowest BCUT2D eigenvalue weighted by molar-refractivity contribution is 0.0948. The molecule has 0 atom stereocenters. The van der Waals surface area contributed by atoms with Crippen LogP contribution >= 0.6 is 27.3 Å². The average Bonchev–Trinajstić information content (AvgIpc) is 3.58. The molecule has 8 heteroatoms. The summed E-state index contributed by atoms with van der Waals surface area (Å²) in [7, 11) is 0. The van der Waals surface area contributed by atoms with Crippen molar-refractivity contribution in [3.8, 4) is 11.8 Å². The molecular formula is C29H24BrN3O3S. The first-order valence-corrected chi connectivity index (χ1v) is 13.6. The Balaban J connectivity index is 1.41. The molecular weight excluding hydrogens is 550 g/mol. The van der Waals surface area contributed by atoms with Crippen molar-refractivity contribution in [2.75, 3.05) is 0 Å². The van der Waals surface area contributed by atoms with Crippen LogP contribution in [0.25, 0.3) is 0 Å². The highest BCUT2D eigenvalue weighted by Gasteiger charge is 2.25. The molecule has 2 heterocycles. The molecule has 0 aliphatic heterocycles. The van der Waals surface area contributed by atoms with E-state index in [9.17, 15) is 10.1 Å². The quantitative estimate of drug-likeness (QED) is 0.227. The van der Waals surface area contributed by atoms with Crippen molar-refractivity contribution < 1.29 is 13.9 Å². The molecule has 2 aromatic carbocycles. The largest absolute Gasteiger partial charge is 0.488 e. The molecule has 1 amide bonds. The highest BCUT2D eigenvalue weighted by Crippen LogP contribution is 2.40. The fourth-order valence-corrected chi connectivity index (χ4v) is 5.95. The normalized spacial score (nSPS) is 12.8. The van der Waals surface area contributed by atoms with E-state index in [1.165, 1.54) is 4.88 Å². The number of ether oxygens (including phenoxy) is 1. The molecule has 0 saturated heterocycles. The summed E-state index contributed by atoms with van der Waals surface area (Å²) in [6.07, 6.45) is 7.39. The molecule has 1 aliphatic carbocycles. The topological polar surface area (TPSA) is 87.6 Å². The number of rotatable bonds is 8. The Morgan fingerprint density at radius 2 is 2.05 bits per heavy atom. The number of furan rings is 1. The zero-order valence-electron chi connectivity index (χ0n) is 20.0. The number of hydrogen-bond donors (Lipinski definition) is 1. The molecule has 5 rings (SSSR count). The van der Waals surface area contributed by atoms with Crippen LogP contribution in [0.2, 0.25) is 0 Å². The maximum absolute atomic E-state index is 13.3. The van der Waals surface area contributed by atoms with Gasteiger partial charge in [0.15, 0.2) is 0 Å². The lowest BCUT2D eigenvalue weighted by Crippen LogP contribution is -2.23. The van der Waals surface area contributed by atoms with Crippen LogP contribution in [0.5, 0.6) is 5.75 Å². The first-order valence-electron chi connectivity index (χ1n) is 12.0. The molecule has 0 unspecified atom stereocenters. The maximum atomic E-state index is 13.3. The number of nitriles is 1. The number of fused-ring (bicyclic) bond motifs is 1. The predicted molar refractivity (Wildman–Crippen MR) is 148 cm³/mol. The van der Waals surface area contributed by atoms with Crippen LogP contribution in [0.3, 0.4) is 0 Å². The minimum Gasteiger partial charge on any atom is -0.488 e. The first kappa shape index (κ1) is 25.0. The van der Waals surface area contributed by atoms with Gasteiger partial charge in [0.05, 0.1) is 30.0 Å². The molecule has 6 nitrogen and oxygen atoms in total. The van der Waals surface area contributed by atoms with Crippen molar-refractivity contribution in [2.24, 2.45) is 4.99 Å². The molecule has 1 N–H and O–H groups in total. The van der Waals surface area contributed by atoms with Crippen LogP contribution in [0.15, 0.2) is 74.7 Å². The van der Waals surface area contributed by atoms with Crippen molar-refractivity contribution in [1.82, 2.24) is 5.32 Å². The van der Waals surface area contributed by atoms with Crippen LogP contribution < -0.4 is 10.1 Å². The summed E-state index contributed by atoms with van der Waals surface area (Å²) in [6, 6.07) is 18.9. The van der Waals surface area contributed by atoms with Gasteiger partial charge in [-0.2, -0.15) is 5.26 Å². The number of thiophene rings is 1. The summed E-state index contributed by atoms with van der Waals surface area (Å²) in [6.45, 7) is 0.591. The van der Waals surface area contributed by atoms with Gasteiger partial charge in [-0.25, -0.2) is 4.99 Å². The Hall–Kier alpha value is -3.67. The average molecular weight is 574 g/mol. The zero-order valence-corrected chi connectivity index (χ0v) is 22.4. The van der Waals surface area contributed by atoms with Gasteiger partial charge < -0.3 is 14.5 Å². The monoisotopic (exact) mass is 573 g/mol. The van der Waals surface area contributed by atoms with E-state index in [4.69, 9.17) is 14.1 Å². The summed E-state index contributed by atoms with van der Waals surface area (Å²) in [5.74, 6) is 1.21. The lowest BCUT2D eigenvalue weighted by Gasteiger charge is -2.12. The molecule has 4 aromatic rings. The molecule has 0 saturated carbocycles. The standard InChI is InChI=1S/C29H24BrN3O3S/c30-22-11-12-25(36-18-20-7-2-1-6-19(20)15-31)21(14-22)16-33-29-27(24-9-3-4-10-26(24)37-29)28(34)32-17-23-8-5-13-35-23/h1-2,5-8,11-14,16H,3-4,9-10,17-18H2,(H,32,34). The molecule has 37 heavy (non-hydrogen) atoms. The zero-order chi connectivity index (χ0) is 25.6. The second-order valence-corrected chi connectivity index (χ2v) is 10.7. The molecule has 0 bridgehead atoms. The van der Waals surface area contributed by atoms with Crippen LogP contribution in [-0.2, 0) is 26.0 Å². The molecule has 1 aliphatic rings. The third-order valence-corrected chi connectivity index (χ3v) is 7.89. The number of nitrogens with zero attached hydrogens (tertiary/aromatic N) is 2. The Morgan fingerprint density at radius 1 is 1.19 bits per heavy atom. The van der Waals surface area contributed by atoms with Gasteiger partial charge in [-0.05, 0) is 67.6 Å². The van der Waals surface area contributed by atoms with Gasteiger partial charge in [0.25, 0.3) is 5.91 Å². The van der Waals surface area contributed by atoms with Crippen molar-refractivity contribution >= 4 is 44.4 Å². The van der Waals surface area contributed by atoms with Crippen molar-refractivity contribution in [2.45, 2.75) is 38.8 Å². The van der Waals surface area contributed by atoms with E-state index in [1.807, 2.05) is 42.5 Å². The molecule has 0 radical (unpaired) electrons. The fraction of sp³-hybridized carbons (Fsp3) is 0.207. The van der Waals surface area contributed by atoms with Gasteiger partial charge in [-0.3, -0.25) is 4.79 Å². The maximum Gasteiger partial charge on any atom is 0.255 e. The summed E-state index contributed by atoms with van der Waals surface area (Å²) in [5, 5.41) is 13.1. The summed E-state index contributed by atoms with van der Waals surface area (Å²) >= 11 is 5.12. The van der Waals surface area contributed by atoms with Crippen LogP contribution in [0, 0.1) is 11.3 Å². The van der Waals surface area contributed by atoms with Gasteiger partial charge in [0, 0.05) is 26.7 Å². The highest BCUT2D eigenvalue weighted by molar-refractivity contribution is 9.10. The van der Waals surface area contributed by atoms with E-state index in [2.05, 4.69) is 27.3 Å². The second-order valence-electron chi connectivity index (χ2n) is 8.65. The summed E-state index contributed by atoms with van der Waals surface area (Å²) < 4.78 is 12.4. The summed E-state index contributed by atoms with van der Waals surface area (Å²) in [5.41, 5.74) is 3.95. The van der Waals surface area contributed by atoms with E-state index < -0.39 is 0 Å². The number of carbonyl (C=O) groups is 1. The molecule has 2 aromatic heterocycles. The molecule has 186 valence electrons. The number of carbonyl (C=O) groups excluding carboxylic acids is 1. The minimum atomic E-state index is -0.137. The Bertz CT molecular complexity index is 1480. The first-order chi connectivity index (χ1) is 18.1. The van der Waals surface area contributed by atoms with E-state index in [-0.39, 0.29) is 12.5 Å². The smallest absolute Gasteiger partial charge is 0.255 e. The van der Waals surface area contributed by atoms with Gasteiger partial charge in [0.2, 0.25) is 0 Å². The number of nitrogens with one attached hydrogen (secondary N) is 1. The van der Waals surface area contributed by atoms with Crippen molar-refractivity contribution in [3.05, 3.63) is 104 Å². The van der Waals surface area contributed by atoms with E-state index in [0.29, 0.717) is 34.2 Å². The number of aryl methyl sites for hydroxylation is 1. The SMILES string of the molecule is N#Cc1ccccc1COc1ccc(Br)cc1C=Nc1sc2c(c1C(=O)NCc1ccco1)CCCC2. The van der Waals surface area contributed by atoms with E-state index in [1.54, 1.807) is 35.9 Å². The Labute approximate surface area is 227 Å². The Kier molecular flexibility index (Phi) is 7.83. The molecule has 0 fully saturated rings. The highest BCUT2D eigenvalue weighted by atomic mass is 79.9. The second kappa shape index (κ2) is 11.6. The van der Waals surface area contributed by atoms with Gasteiger partial charge >= 0.3 is 0 Å².